The molecule has 0 fully saturated rings. The van der Waals surface area contributed by atoms with E-state index in [9.17, 15) is 5.11 Å². The lowest BCUT2D eigenvalue weighted by molar-refractivity contribution is 0.475. The van der Waals surface area contributed by atoms with Gasteiger partial charge in [0.1, 0.15) is 5.75 Å². The first-order valence-electron chi connectivity index (χ1n) is 7.88. The van der Waals surface area contributed by atoms with E-state index in [2.05, 4.69) is 53.1 Å². The fourth-order valence-corrected chi connectivity index (χ4v) is 5.07. The summed E-state index contributed by atoms with van der Waals surface area (Å²) in [4.78, 5) is 6.12. The predicted molar refractivity (Wildman–Crippen MR) is 111 cm³/mol. The molecule has 0 bridgehead atoms. The highest BCUT2D eigenvalue weighted by Gasteiger charge is 2.16. The van der Waals surface area contributed by atoms with Crippen LogP contribution in [0.2, 0.25) is 0 Å². The summed E-state index contributed by atoms with van der Waals surface area (Å²) in [5.74, 6) is 0.282. The number of phenols is 1. The number of hydrogen-bond acceptors (Lipinski definition) is 5. The second kappa shape index (κ2) is 6.67. The van der Waals surface area contributed by atoms with Crippen LogP contribution in [0.4, 0.5) is 17.1 Å². The minimum Gasteiger partial charge on any atom is -0.508 e. The highest BCUT2D eigenvalue weighted by Crippen LogP contribution is 2.42. The summed E-state index contributed by atoms with van der Waals surface area (Å²) in [5.41, 5.74) is 4.62. The van der Waals surface area contributed by atoms with Crippen molar-refractivity contribution in [2.24, 2.45) is 0 Å². The largest absolute Gasteiger partial charge is 0.508 e. The number of rotatable bonds is 4. The molecule has 1 aromatic carbocycles. The molecule has 0 spiro atoms. The van der Waals surface area contributed by atoms with Crippen molar-refractivity contribution in [1.82, 2.24) is 0 Å². The summed E-state index contributed by atoms with van der Waals surface area (Å²) in [7, 11) is 0. The van der Waals surface area contributed by atoms with Crippen LogP contribution in [0, 0.1) is 13.8 Å². The Morgan fingerprint density at radius 3 is 2.00 bits per heavy atom. The Morgan fingerprint density at radius 1 is 0.720 bits per heavy atom. The predicted octanol–water partition coefficient (Wildman–Crippen LogP) is 7.33. The van der Waals surface area contributed by atoms with Crippen molar-refractivity contribution < 1.29 is 5.11 Å². The number of benzene rings is 1. The van der Waals surface area contributed by atoms with Gasteiger partial charge in [0, 0.05) is 36.6 Å². The third kappa shape index (κ3) is 3.35. The van der Waals surface area contributed by atoms with Gasteiger partial charge in [0.25, 0.3) is 0 Å². The molecule has 126 valence electrons. The van der Waals surface area contributed by atoms with Crippen LogP contribution >= 0.6 is 34.0 Å². The van der Waals surface area contributed by atoms with E-state index < -0.39 is 0 Å². The number of phenolic OH excluding ortho intramolecular Hbond substituents is 1. The zero-order valence-electron chi connectivity index (χ0n) is 13.9. The number of nitrogens with zero attached hydrogens (tertiary/aromatic N) is 1. The maximum absolute atomic E-state index is 9.63. The molecule has 0 atom stereocenters. The number of anilines is 3. The summed E-state index contributed by atoms with van der Waals surface area (Å²) >= 11 is 5.29. The van der Waals surface area contributed by atoms with E-state index in [0.717, 1.165) is 17.1 Å². The molecule has 3 heterocycles. The number of thiophene rings is 3. The van der Waals surface area contributed by atoms with Crippen LogP contribution in [0.1, 0.15) is 9.75 Å². The van der Waals surface area contributed by atoms with E-state index in [1.54, 1.807) is 46.1 Å². The third-order valence-corrected chi connectivity index (χ3v) is 6.62. The van der Waals surface area contributed by atoms with Gasteiger partial charge in [-0.2, -0.15) is 0 Å². The van der Waals surface area contributed by atoms with Gasteiger partial charge in [0.15, 0.2) is 0 Å². The van der Waals surface area contributed by atoms with Crippen LogP contribution in [0.15, 0.2) is 58.6 Å². The Labute approximate surface area is 159 Å². The van der Waals surface area contributed by atoms with Gasteiger partial charge in [-0.1, -0.05) is 0 Å². The average molecular weight is 384 g/mol. The molecular weight excluding hydrogens is 366 g/mol. The van der Waals surface area contributed by atoms with Crippen LogP contribution in [0.5, 0.6) is 5.75 Å². The molecular formula is C20H17NOS3. The molecule has 4 rings (SSSR count). The Balaban J connectivity index is 1.78. The van der Waals surface area contributed by atoms with Gasteiger partial charge in [-0.05, 0) is 61.7 Å². The number of aromatic hydroxyl groups is 1. The van der Waals surface area contributed by atoms with Gasteiger partial charge in [-0.15, -0.1) is 34.0 Å². The Kier molecular flexibility index (Phi) is 4.37. The number of hydrogen-bond donors (Lipinski definition) is 1. The summed E-state index contributed by atoms with van der Waals surface area (Å²) in [6, 6.07) is 14.0. The molecule has 0 aliphatic rings. The Bertz CT molecular complexity index is 994. The van der Waals surface area contributed by atoms with E-state index in [4.69, 9.17) is 0 Å². The maximum atomic E-state index is 9.63. The lowest BCUT2D eigenvalue weighted by Gasteiger charge is -2.22. The molecule has 4 aromatic rings. The molecule has 0 amide bonds. The molecule has 1 N–H and O–H groups in total. The number of aryl methyl sites for hydroxylation is 2. The van der Waals surface area contributed by atoms with E-state index in [-0.39, 0.29) is 5.75 Å². The summed E-state index contributed by atoms with van der Waals surface area (Å²) in [5, 5.41) is 16.2. The van der Waals surface area contributed by atoms with Crippen molar-refractivity contribution in [1.29, 1.82) is 0 Å². The second-order valence-electron chi connectivity index (χ2n) is 5.88. The van der Waals surface area contributed by atoms with Crippen LogP contribution in [0.25, 0.3) is 10.4 Å². The highest BCUT2D eigenvalue weighted by atomic mass is 32.1. The van der Waals surface area contributed by atoms with Gasteiger partial charge < -0.3 is 10.0 Å². The zero-order valence-corrected chi connectivity index (χ0v) is 16.3. The normalized spacial score (nSPS) is 11.0. The van der Waals surface area contributed by atoms with Gasteiger partial charge in [-0.25, -0.2) is 0 Å². The van der Waals surface area contributed by atoms with Gasteiger partial charge in [-0.3, -0.25) is 0 Å². The van der Waals surface area contributed by atoms with Gasteiger partial charge in [0.2, 0.25) is 0 Å². The molecule has 0 aliphatic carbocycles. The minimum atomic E-state index is 0.282. The quantitative estimate of drug-likeness (QED) is 0.399. The smallest absolute Gasteiger partial charge is 0.115 e. The maximum Gasteiger partial charge on any atom is 0.115 e. The van der Waals surface area contributed by atoms with Crippen LogP contribution in [-0.4, -0.2) is 5.11 Å². The Hall–Kier alpha value is -2.08. The first-order valence-corrected chi connectivity index (χ1v) is 10.5. The van der Waals surface area contributed by atoms with Crippen molar-refractivity contribution in [2.45, 2.75) is 13.8 Å². The monoisotopic (exact) mass is 383 g/mol. The van der Waals surface area contributed by atoms with Crippen LogP contribution in [0.3, 0.4) is 0 Å². The van der Waals surface area contributed by atoms with Crippen molar-refractivity contribution in [3.63, 3.8) is 0 Å². The summed E-state index contributed by atoms with van der Waals surface area (Å²) in [6.07, 6.45) is 0. The molecule has 0 saturated heterocycles. The average Bonchev–Trinajstić information content (AvgIpc) is 3.31. The van der Waals surface area contributed by atoms with Crippen molar-refractivity contribution in [2.75, 3.05) is 4.90 Å². The molecule has 5 heteroatoms. The fourth-order valence-electron chi connectivity index (χ4n) is 2.76. The topological polar surface area (TPSA) is 23.5 Å². The molecule has 25 heavy (non-hydrogen) atoms. The van der Waals surface area contributed by atoms with E-state index in [0.29, 0.717) is 0 Å². The lowest BCUT2D eigenvalue weighted by atomic mass is 10.2. The fraction of sp³-hybridized carbons (Fsp3) is 0.100. The Morgan fingerprint density at radius 2 is 1.36 bits per heavy atom. The minimum absolute atomic E-state index is 0.282. The SMILES string of the molecule is Cc1cc(-c2cc(N(c3ccc(O)cc3)c3csc(C)c3)cs2)cs1. The highest BCUT2D eigenvalue weighted by molar-refractivity contribution is 7.15. The third-order valence-electron chi connectivity index (χ3n) is 3.94. The first-order chi connectivity index (χ1) is 12.1. The lowest BCUT2D eigenvalue weighted by Crippen LogP contribution is -2.07. The molecule has 3 aromatic heterocycles. The van der Waals surface area contributed by atoms with Crippen molar-refractivity contribution in [3.05, 3.63) is 68.4 Å². The molecule has 0 unspecified atom stereocenters. The van der Waals surface area contributed by atoms with Crippen LogP contribution < -0.4 is 4.90 Å². The van der Waals surface area contributed by atoms with E-state index in [1.807, 2.05) is 12.1 Å². The molecule has 2 nitrogen and oxygen atoms in total. The van der Waals surface area contributed by atoms with Crippen LogP contribution in [-0.2, 0) is 0 Å². The summed E-state index contributed by atoms with van der Waals surface area (Å²) in [6.45, 7) is 4.26. The standard InChI is InChI=1S/C20H17NOS3/c1-13-7-15(10-23-13)20-9-18(12-25-20)21(17-8-14(2)24-11-17)16-3-5-19(22)6-4-16/h3-12,22H,1-2H3. The first kappa shape index (κ1) is 16.4. The van der Waals surface area contributed by atoms with E-state index in [1.165, 1.54) is 20.2 Å². The van der Waals surface area contributed by atoms with E-state index >= 15 is 0 Å². The van der Waals surface area contributed by atoms with Gasteiger partial charge in [0.05, 0.1) is 11.4 Å². The second-order valence-corrected chi connectivity index (χ2v) is 9.02. The molecule has 0 radical (unpaired) electrons. The van der Waals surface area contributed by atoms with Crippen molar-refractivity contribution >= 4 is 51.1 Å². The molecule has 0 saturated carbocycles. The van der Waals surface area contributed by atoms with Gasteiger partial charge >= 0.3 is 0 Å². The summed E-state index contributed by atoms with van der Waals surface area (Å²) < 4.78 is 0. The molecule has 0 aliphatic heterocycles. The van der Waals surface area contributed by atoms with Crippen molar-refractivity contribution in [3.8, 4) is 16.2 Å². The zero-order chi connectivity index (χ0) is 17.4.